The van der Waals surface area contributed by atoms with Gasteiger partial charge in [0, 0.05) is 6.61 Å². The van der Waals surface area contributed by atoms with Crippen molar-refractivity contribution < 1.29 is 22.8 Å². The van der Waals surface area contributed by atoms with Gasteiger partial charge in [0.2, 0.25) is 0 Å². The molecule has 0 aliphatic heterocycles. The highest BCUT2D eigenvalue weighted by atomic mass is 32.2. The fourth-order valence-electron chi connectivity index (χ4n) is 0.563. The van der Waals surface area contributed by atoms with Crippen molar-refractivity contribution in [1.29, 1.82) is 0 Å². The first-order valence-corrected chi connectivity index (χ1v) is 5.07. The number of hydrogen-bond acceptors (Lipinski definition) is 4. The van der Waals surface area contributed by atoms with E-state index in [0.29, 0.717) is 0 Å². The Morgan fingerprint density at radius 1 is 1.50 bits per heavy atom. The molecule has 0 amide bonds. The van der Waals surface area contributed by atoms with E-state index >= 15 is 0 Å². The van der Waals surface area contributed by atoms with Gasteiger partial charge in [-0.2, -0.15) is 8.42 Å². The van der Waals surface area contributed by atoms with Crippen molar-refractivity contribution in [2.45, 2.75) is 12.5 Å². The molecule has 0 spiro atoms. The molecule has 0 aliphatic rings. The molecule has 0 aromatic carbocycles. The average Bonchev–Trinajstić information content (AvgIpc) is 1.83. The Morgan fingerprint density at radius 3 is 2.50 bits per heavy atom. The van der Waals surface area contributed by atoms with Crippen LogP contribution in [0.25, 0.3) is 0 Å². The van der Waals surface area contributed by atoms with Crippen LogP contribution < -0.4 is 0 Å². The minimum absolute atomic E-state index is 0.0749. The highest BCUT2D eigenvalue weighted by Gasteiger charge is 2.03. The molecule has 0 fully saturated rings. The summed E-state index contributed by atoms with van der Waals surface area (Å²) in [6.07, 6.45) is -0.582. The molecule has 1 unspecified atom stereocenters. The Labute approximate surface area is 72.1 Å². The molecule has 73 valence electrons. The van der Waals surface area contributed by atoms with Crippen molar-refractivity contribution in [1.82, 2.24) is 0 Å². The summed E-state index contributed by atoms with van der Waals surface area (Å²) in [5.41, 5.74) is 0. The number of hydrogen-bond donors (Lipinski definition) is 2. The van der Waals surface area contributed by atoms with E-state index in [1.165, 1.54) is 0 Å². The maximum atomic E-state index is 10.2. The first-order chi connectivity index (χ1) is 5.42. The zero-order valence-electron chi connectivity index (χ0n) is 6.64. The van der Waals surface area contributed by atoms with E-state index in [4.69, 9.17) is 14.4 Å². The molecular weight excluding hydrogens is 184 g/mol. The molecule has 12 heavy (non-hydrogen) atoms. The summed E-state index contributed by atoms with van der Waals surface area (Å²) in [4.78, 5) is 0. The van der Waals surface area contributed by atoms with E-state index in [0.717, 1.165) is 0 Å². The van der Waals surface area contributed by atoms with E-state index in [9.17, 15) is 8.42 Å². The Kier molecular flexibility index (Phi) is 5.39. The van der Waals surface area contributed by atoms with Crippen molar-refractivity contribution >= 4 is 10.1 Å². The molecule has 0 aromatic rings. The summed E-state index contributed by atoms with van der Waals surface area (Å²) in [6, 6.07) is 0. The summed E-state index contributed by atoms with van der Waals surface area (Å²) in [6.45, 7) is 3.51. The van der Waals surface area contributed by atoms with Crippen LogP contribution in [0.3, 0.4) is 0 Å². The lowest BCUT2D eigenvalue weighted by molar-refractivity contribution is 0.0589. The Bertz CT molecular complexity index is 196. The Hall–Kier alpha value is -0.170. The van der Waals surface area contributed by atoms with Gasteiger partial charge in [-0.15, -0.1) is 0 Å². The molecule has 0 heterocycles. The summed E-state index contributed by atoms with van der Waals surface area (Å²) in [7, 11) is -3.88. The van der Waals surface area contributed by atoms with Gasteiger partial charge >= 0.3 is 0 Å². The standard InChI is InChI=1S/C6H13O5S/c1-6(7)5-11-3-2-4-12(8,9)10/h6-7H,1-5H2,(H,8,9,10). The number of aliphatic hydroxyl groups is 1. The minimum atomic E-state index is -3.88. The van der Waals surface area contributed by atoms with Crippen LogP contribution in [-0.2, 0) is 14.9 Å². The van der Waals surface area contributed by atoms with Gasteiger partial charge in [0.25, 0.3) is 10.1 Å². The number of aliphatic hydroxyl groups excluding tert-OH is 1. The smallest absolute Gasteiger partial charge is 0.264 e. The van der Waals surface area contributed by atoms with Crippen LogP contribution in [0.2, 0.25) is 0 Å². The molecule has 1 radical (unpaired) electrons. The lowest BCUT2D eigenvalue weighted by Gasteiger charge is -2.04. The molecule has 1 atom stereocenters. The zero-order valence-corrected chi connectivity index (χ0v) is 7.46. The van der Waals surface area contributed by atoms with E-state index < -0.39 is 16.2 Å². The predicted octanol–water partition coefficient (Wildman–Crippen LogP) is -0.524. The summed E-state index contributed by atoms with van der Waals surface area (Å²) in [5, 5.41) is 8.61. The van der Waals surface area contributed by atoms with E-state index in [1.807, 2.05) is 0 Å². The first kappa shape index (κ1) is 11.8. The van der Waals surface area contributed by atoms with Gasteiger partial charge in [0.1, 0.15) is 0 Å². The largest absolute Gasteiger partial charge is 0.391 e. The summed E-state index contributed by atoms with van der Waals surface area (Å²) in [5.74, 6) is -0.319. The van der Waals surface area contributed by atoms with Crippen LogP contribution in [0.15, 0.2) is 0 Å². The number of ether oxygens (including phenoxy) is 1. The Morgan fingerprint density at radius 2 is 2.08 bits per heavy atom. The van der Waals surface area contributed by atoms with Crippen molar-refractivity contribution in [2.24, 2.45) is 0 Å². The average molecular weight is 197 g/mol. The SMILES string of the molecule is [CH2]C(O)COCCCS(=O)(=O)O. The fraction of sp³-hybridized carbons (Fsp3) is 0.833. The van der Waals surface area contributed by atoms with Crippen LogP contribution in [0.4, 0.5) is 0 Å². The van der Waals surface area contributed by atoms with Crippen LogP contribution in [-0.4, -0.2) is 43.1 Å². The third-order valence-corrected chi connectivity index (χ3v) is 1.81. The molecular formula is C6H13O5S. The maximum Gasteiger partial charge on any atom is 0.264 e. The van der Waals surface area contributed by atoms with E-state index in [1.54, 1.807) is 0 Å². The highest BCUT2D eigenvalue weighted by molar-refractivity contribution is 7.85. The highest BCUT2D eigenvalue weighted by Crippen LogP contribution is 1.90. The van der Waals surface area contributed by atoms with Crippen molar-refractivity contribution in [3.63, 3.8) is 0 Å². The minimum Gasteiger partial charge on any atom is -0.391 e. The Balaban J connectivity index is 3.23. The van der Waals surface area contributed by atoms with Gasteiger partial charge in [-0.1, -0.05) is 0 Å². The van der Waals surface area contributed by atoms with Crippen LogP contribution >= 0.6 is 0 Å². The maximum absolute atomic E-state index is 10.2. The third kappa shape index (κ3) is 9.83. The third-order valence-electron chi connectivity index (χ3n) is 1.00. The zero-order chi connectivity index (χ0) is 9.61. The topological polar surface area (TPSA) is 83.8 Å². The van der Waals surface area contributed by atoms with E-state index in [-0.39, 0.29) is 25.4 Å². The van der Waals surface area contributed by atoms with Gasteiger partial charge < -0.3 is 9.84 Å². The van der Waals surface area contributed by atoms with Gasteiger partial charge in [-0.05, 0) is 13.3 Å². The molecule has 0 aliphatic carbocycles. The van der Waals surface area contributed by atoms with Crippen molar-refractivity contribution in [2.75, 3.05) is 19.0 Å². The summed E-state index contributed by atoms with van der Waals surface area (Å²) >= 11 is 0. The van der Waals surface area contributed by atoms with Crippen LogP contribution in [0.5, 0.6) is 0 Å². The lowest BCUT2D eigenvalue weighted by atomic mass is 10.4. The molecule has 2 N–H and O–H groups in total. The van der Waals surface area contributed by atoms with Crippen LogP contribution in [0.1, 0.15) is 6.42 Å². The van der Waals surface area contributed by atoms with E-state index in [2.05, 4.69) is 6.92 Å². The second kappa shape index (κ2) is 5.47. The number of rotatable bonds is 6. The fourth-order valence-corrected chi connectivity index (χ4v) is 1.05. The van der Waals surface area contributed by atoms with Crippen molar-refractivity contribution in [3.05, 3.63) is 6.92 Å². The second-order valence-electron chi connectivity index (χ2n) is 2.37. The monoisotopic (exact) mass is 197 g/mol. The quantitative estimate of drug-likeness (QED) is 0.442. The van der Waals surface area contributed by atoms with Gasteiger partial charge in [0.15, 0.2) is 0 Å². The molecule has 0 aromatic heterocycles. The molecule has 0 bridgehead atoms. The van der Waals surface area contributed by atoms with Gasteiger partial charge in [-0.3, -0.25) is 4.55 Å². The molecule has 5 nitrogen and oxygen atoms in total. The summed E-state index contributed by atoms with van der Waals surface area (Å²) < 4.78 is 33.4. The van der Waals surface area contributed by atoms with Crippen LogP contribution in [0, 0.1) is 6.92 Å². The molecule has 0 saturated heterocycles. The molecule has 0 rings (SSSR count). The van der Waals surface area contributed by atoms with Crippen molar-refractivity contribution in [3.8, 4) is 0 Å². The molecule has 0 saturated carbocycles. The van der Waals surface area contributed by atoms with Gasteiger partial charge in [0.05, 0.1) is 18.5 Å². The normalized spacial score (nSPS) is 14.6. The lowest BCUT2D eigenvalue weighted by Crippen LogP contribution is -2.13. The predicted molar refractivity (Wildman–Crippen MR) is 43.2 cm³/mol. The first-order valence-electron chi connectivity index (χ1n) is 3.46. The second-order valence-corrected chi connectivity index (χ2v) is 3.94. The van der Waals surface area contributed by atoms with Gasteiger partial charge in [-0.25, -0.2) is 0 Å². The molecule has 6 heteroatoms.